The maximum atomic E-state index is 14.3. The molecule has 0 N–H and O–H groups in total. The van der Waals surface area contributed by atoms with E-state index in [-0.39, 0.29) is 5.78 Å². The minimum absolute atomic E-state index is 0.00417. The summed E-state index contributed by atoms with van der Waals surface area (Å²) in [6.07, 6.45) is 1.29. The van der Waals surface area contributed by atoms with Crippen molar-refractivity contribution >= 4 is 50.9 Å². The van der Waals surface area contributed by atoms with Crippen LogP contribution in [0.3, 0.4) is 0 Å². The molecule has 3 aromatic carbocycles. The first-order valence-electron chi connectivity index (χ1n) is 10.9. The van der Waals surface area contributed by atoms with Gasteiger partial charge in [0.1, 0.15) is 5.04 Å². The van der Waals surface area contributed by atoms with Crippen LogP contribution in [0, 0.1) is 5.41 Å². The van der Waals surface area contributed by atoms with E-state index in [1.54, 1.807) is 12.1 Å². The first kappa shape index (κ1) is 22.6. The fourth-order valence-corrected chi connectivity index (χ4v) is 6.21. The van der Waals surface area contributed by atoms with Gasteiger partial charge in [-0.05, 0) is 48.2 Å². The molecule has 1 saturated heterocycles. The molecule has 1 heterocycles. The number of ketones is 1. The van der Waals surface area contributed by atoms with Crippen LogP contribution in [0.1, 0.15) is 40.7 Å². The Morgan fingerprint density at radius 1 is 1.03 bits per heavy atom. The van der Waals surface area contributed by atoms with E-state index in [2.05, 4.69) is 5.16 Å². The van der Waals surface area contributed by atoms with Crippen LogP contribution in [0.2, 0.25) is 5.02 Å². The second-order valence-electron chi connectivity index (χ2n) is 8.31. The van der Waals surface area contributed by atoms with Gasteiger partial charge in [0.15, 0.2) is 5.78 Å². The number of Topliss-reactive ketones (excluding diaryl/α,β-unsaturated/α-hetero) is 1. The van der Waals surface area contributed by atoms with E-state index in [4.69, 9.17) is 21.4 Å². The second kappa shape index (κ2) is 9.20. The van der Waals surface area contributed by atoms with Crippen LogP contribution in [-0.2, 0) is 16.1 Å². The number of benzene rings is 3. The van der Waals surface area contributed by atoms with Gasteiger partial charge in [0.25, 0.3) is 0 Å². The van der Waals surface area contributed by atoms with Crippen molar-refractivity contribution in [2.24, 2.45) is 15.6 Å². The number of hydrogen-bond donors (Lipinski definition) is 0. The Kier molecular flexibility index (Phi) is 6.11. The van der Waals surface area contributed by atoms with Crippen molar-refractivity contribution in [2.75, 3.05) is 0 Å². The molecule has 1 aliphatic carbocycles. The summed E-state index contributed by atoms with van der Waals surface area (Å²) in [5.74, 6) is -0.979. The zero-order valence-electron chi connectivity index (χ0n) is 18.4. The molecule has 0 saturated carbocycles. The Morgan fingerprint density at radius 3 is 2.47 bits per heavy atom. The van der Waals surface area contributed by atoms with Gasteiger partial charge in [0, 0.05) is 17.5 Å². The maximum absolute atomic E-state index is 14.3. The molecule has 170 valence electrons. The molecule has 1 fully saturated rings. The molecular formula is C27H21ClN2O3S. The molecule has 1 spiro atoms. The number of fused-ring (bicyclic) bond motifs is 1. The Bertz CT molecular complexity index is 1320. The van der Waals surface area contributed by atoms with Crippen molar-refractivity contribution in [3.05, 3.63) is 101 Å². The van der Waals surface area contributed by atoms with Gasteiger partial charge in [0.05, 0.1) is 22.1 Å². The quantitative estimate of drug-likeness (QED) is 0.308. The maximum Gasteiger partial charge on any atom is 0.332 e. The van der Waals surface area contributed by atoms with E-state index >= 15 is 0 Å². The van der Waals surface area contributed by atoms with E-state index < -0.39 is 17.3 Å². The zero-order chi connectivity index (χ0) is 23.7. The van der Waals surface area contributed by atoms with Crippen molar-refractivity contribution in [1.29, 1.82) is 0 Å². The minimum Gasteiger partial charge on any atom is -0.318 e. The number of carbonyl (C=O) groups excluding carboxylic acids is 2. The van der Waals surface area contributed by atoms with E-state index in [0.29, 0.717) is 27.1 Å². The monoisotopic (exact) mass is 488 g/mol. The summed E-state index contributed by atoms with van der Waals surface area (Å²) < 4.78 is 0. The van der Waals surface area contributed by atoms with Crippen LogP contribution in [0.15, 0.2) is 89.0 Å². The van der Waals surface area contributed by atoms with Crippen LogP contribution < -0.4 is 0 Å². The van der Waals surface area contributed by atoms with E-state index in [9.17, 15) is 9.59 Å². The summed E-state index contributed by atoms with van der Waals surface area (Å²) in [5, 5.41) is 5.98. The smallest absolute Gasteiger partial charge is 0.318 e. The Hall–Kier alpha value is -3.22. The van der Waals surface area contributed by atoms with Crippen LogP contribution in [0.4, 0.5) is 5.69 Å². The predicted molar refractivity (Wildman–Crippen MR) is 136 cm³/mol. The van der Waals surface area contributed by atoms with Gasteiger partial charge in [-0.15, -0.1) is 0 Å². The normalized spacial score (nSPS) is 23.9. The van der Waals surface area contributed by atoms with E-state index in [0.717, 1.165) is 23.2 Å². The van der Waals surface area contributed by atoms with E-state index in [1.807, 2.05) is 66.7 Å². The lowest BCUT2D eigenvalue weighted by atomic mass is 9.62. The molecule has 7 heteroatoms. The number of nitrogens with zero attached hydrogens (tertiary/aromatic N) is 2. The summed E-state index contributed by atoms with van der Waals surface area (Å²) >= 11 is 7.48. The van der Waals surface area contributed by atoms with Crippen LogP contribution in [0.5, 0.6) is 0 Å². The summed E-state index contributed by atoms with van der Waals surface area (Å²) in [7, 11) is 0. The predicted octanol–water partition coefficient (Wildman–Crippen LogP) is 6.59. The molecule has 34 heavy (non-hydrogen) atoms. The summed E-state index contributed by atoms with van der Waals surface area (Å²) in [6.45, 7) is 1.30. The number of rotatable bonds is 3. The molecule has 1 aliphatic heterocycles. The SMILES string of the molecule is CC(=O)O/N=C1\SC(=Nc2ccccc2)[C@]2(CCc3ccccc3C2=O)[C@H]1c1ccc(Cl)cc1. The molecule has 2 atom stereocenters. The highest BCUT2D eigenvalue weighted by Gasteiger charge is 2.60. The van der Waals surface area contributed by atoms with Gasteiger partial charge < -0.3 is 4.84 Å². The molecule has 0 radical (unpaired) electrons. The summed E-state index contributed by atoms with van der Waals surface area (Å²) in [4.78, 5) is 35.9. The highest BCUT2D eigenvalue weighted by atomic mass is 35.5. The largest absolute Gasteiger partial charge is 0.332 e. The minimum atomic E-state index is -0.971. The van der Waals surface area contributed by atoms with Gasteiger partial charge >= 0.3 is 5.97 Å². The van der Waals surface area contributed by atoms with Crippen molar-refractivity contribution in [3.8, 4) is 0 Å². The van der Waals surface area contributed by atoms with Gasteiger partial charge in [0.2, 0.25) is 0 Å². The Balaban J connectivity index is 1.75. The third-order valence-electron chi connectivity index (χ3n) is 6.23. The molecule has 0 unspecified atom stereocenters. The van der Waals surface area contributed by atoms with Gasteiger partial charge in [-0.1, -0.05) is 83.1 Å². The lowest BCUT2D eigenvalue weighted by Gasteiger charge is -2.37. The number of thioether (sulfide) groups is 1. The van der Waals surface area contributed by atoms with Gasteiger partial charge in [-0.3, -0.25) is 4.79 Å². The van der Waals surface area contributed by atoms with Crippen LogP contribution in [-0.4, -0.2) is 21.8 Å². The highest BCUT2D eigenvalue weighted by Crippen LogP contribution is 2.57. The Morgan fingerprint density at radius 2 is 1.74 bits per heavy atom. The second-order valence-corrected chi connectivity index (χ2v) is 9.75. The lowest BCUT2D eigenvalue weighted by Crippen LogP contribution is -2.44. The molecule has 0 amide bonds. The Labute approximate surface area is 206 Å². The van der Waals surface area contributed by atoms with Crippen molar-refractivity contribution in [3.63, 3.8) is 0 Å². The number of carbonyl (C=O) groups is 2. The zero-order valence-corrected chi connectivity index (χ0v) is 20.0. The summed E-state index contributed by atoms with van der Waals surface area (Å²) in [5.41, 5.74) is 2.38. The molecule has 3 aromatic rings. The van der Waals surface area contributed by atoms with Crippen molar-refractivity contribution < 1.29 is 14.4 Å². The molecular weight excluding hydrogens is 468 g/mol. The molecule has 5 nitrogen and oxygen atoms in total. The third-order valence-corrected chi connectivity index (χ3v) is 7.65. The van der Waals surface area contributed by atoms with Crippen LogP contribution >= 0.6 is 23.4 Å². The van der Waals surface area contributed by atoms with Crippen molar-refractivity contribution in [2.45, 2.75) is 25.7 Å². The van der Waals surface area contributed by atoms with Crippen molar-refractivity contribution in [1.82, 2.24) is 0 Å². The average molecular weight is 489 g/mol. The third kappa shape index (κ3) is 3.97. The first-order valence-corrected chi connectivity index (χ1v) is 12.1. The first-order chi connectivity index (χ1) is 16.5. The fourth-order valence-electron chi connectivity index (χ4n) is 4.71. The number of aryl methyl sites for hydroxylation is 1. The number of hydrogen-bond acceptors (Lipinski definition) is 6. The van der Waals surface area contributed by atoms with E-state index in [1.165, 1.54) is 18.7 Å². The molecule has 5 rings (SSSR count). The van der Waals surface area contributed by atoms with Gasteiger partial charge in [-0.2, -0.15) is 0 Å². The van der Waals surface area contributed by atoms with Gasteiger partial charge in [-0.25, -0.2) is 9.79 Å². The number of para-hydroxylation sites is 1. The molecule has 0 aromatic heterocycles. The lowest BCUT2D eigenvalue weighted by molar-refractivity contribution is -0.140. The number of oxime groups is 1. The highest BCUT2D eigenvalue weighted by molar-refractivity contribution is 8.27. The number of aliphatic imine (C=N–C) groups is 1. The molecule has 0 bridgehead atoms. The van der Waals surface area contributed by atoms with Crippen LogP contribution in [0.25, 0.3) is 0 Å². The standard InChI is InChI=1S/C27H21ClN2O3S/c1-17(31)33-30-25-23(19-11-13-20(28)14-12-19)27(26(34-25)29-21-8-3-2-4-9-21)16-15-18-7-5-6-10-22(18)24(27)32/h2-14,23H,15-16H2,1H3/b29-26?,30-25-/t23-,27+/m0/s1. The topological polar surface area (TPSA) is 68.1 Å². The fraction of sp³-hybridized carbons (Fsp3) is 0.185. The average Bonchev–Trinajstić information content (AvgIpc) is 3.15. The summed E-state index contributed by atoms with van der Waals surface area (Å²) in [6, 6.07) is 24.7. The number of halogens is 1. The molecule has 2 aliphatic rings.